The lowest BCUT2D eigenvalue weighted by molar-refractivity contribution is -0.127. The molecule has 20 heavy (non-hydrogen) atoms. The van der Waals surface area contributed by atoms with Gasteiger partial charge >= 0.3 is 0 Å². The smallest absolute Gasteiger partial charge is 0.226 e. The Morgan fingerprint density at radius 2 is 1.85 bits per heavy atom. The van der Waals surface area contributed by atoms with Crippen molar-refractivity contribution in [3.8, 4) is 0 Å². The highest BCUT2D eigenvalue weighted by Crippen LogP contribution is 2.26. The normalized spacial score (nSPS) is 22.4. The monoisotopic (exact) mass is 274 g/mol. The van der Waals surface area contributed by atoms with Crippen molar-refractivity contribution in [1.29, 1.82) is 0 Å². The maximum Gasteiger partial charge on any atom is 0.226 e. The molecule has 0 heterocycles. The molecule has 1 aromatic carbocycles. The molecular formula is C17H26N2O. The van der Waals surface area contributed by atoms with Gasteiger partial charge in [-0.25, -0.2) is 0 Å². The number of rotatable bonds is 4. The van der Waals surface area contributed by atoms with Crippen molar-refractivity contribution in [3.63, 3.8) is 0 Å². The van der Waals surface area contributed by atoms with E-state index in [9.17, 15) is 4.79 Å². The summed E-state index contributed by atoms with van der Waals surface area (Å²) in [4.78, 5) is 13.3. The summed E-state index contributed by atoms with van der Waals surface area (Å²) in [7, 11) is 3.59. The first-order valence-electron chi connectivity index (χ1n) is 7.62. The first-order chi connectivity index (χ1) is 9.56. The number of benzene rings is 1. The second kappa shape index (κ2) is 6.78. The van der Waals surface area contributed by atoms with Crippen molar-refractivity contribution in [2.45, 2.75) is 45.1 Å². The predicted molar refractivity (Wildman–Crippen MR) is 83.9 cm³/mol. The summed E-state index contributed by atoms with van der Waals surface area (Å²) in [6, 6.07) is 8.89. The van der Waals surface area contributed by atoms with E-state index in [0.717, 1.165) is 11.5 Å². The Balaban J connectivity index is 1.92. The van der Waals surface area contributed by atoms with Gasteiger partial charge in [0, 0.05) is 25.8 Å². The molecule has 110 valence electrons. The molecule has 0 spiro atoms. The van der Waals surface area contributed by atoms with Crippen LogP contribution in [-0.2, 0) is 11.2 Å². The molecule has 1 amide bonds. The van der Waals surface area contributed by atoms with Crippen LogP contribution in [0.3, 0.4) is 0 Å². The number of anilines is 1. The van der Waals surface area contributed by atoms with E-state index in [4.69, 9.17) is 0 Å². The van der Waals surface area contributed by atoms with Gasteiger partial charge in [0.15, 0.2) is 0 Å². The molecule has 1 aliphatic carbocycles. The average molecular weight is 274 g/mol. The van der Waals surface area contributed by atoms with Crippen LogP contribution < -0.4 is 5.32 Å². The lowest BCUT2D eigenvalue weighted by Crippen LogP contribution is -2.30. The van der Waals surface area contributed by atoms with Crippen molar-refractivity contribution < 1.29 is 4.79 Å². The summed E-state index contributed by atoms with van der Waals surface area (Å²) >= 11 is 0. The lowest BCUT2D eigenvalue weighted by atomic mass is 9.86. The number of hydrogen-bond donors (Lipinski definition) is 1. The van der Waals surface area contributed by atoms with Gasteiger partial charge in [-0.1, -0.05) is 31.9 Å². The third kappa shape index (κ3) is 3.99. The van der Waals surface area contributed by atoms with E-state index in [0.29, 0.717) is 12.5 Å². The summed E-state index contributed by atoms with van der Waals surface area (Å²) in [5.74, 6) is 0.894. The summed E-state index contributed by atoms with van der Waals surface area (Å²) in [6.07, 6.45) is 5.77. The standard InChI is InChI=1S/C17H26N2O/c1-13-6-4-5-7-16(13)18-15-10-8-14(9-11-15)12-17(20)19(2)3/h8-11,13,16,18H,4-7,12H2,1-3H3. The SMILES string of the molecule is CC1CCCCC1Nc1ccc(CC(=O)N(C)C)cc1. The molecule has 3 heteroatoms. The van der Waals surface area contributed by atoms with Crippen LogP contribution in [0.25, 0.3) is 0 Å². The zero-order valence-corrected chi connectivity index (χ0v) is 12.9. The summed E-state index contributed by atoms with van der Waals surface area (Å²) in [5.41, 5.74) is 2.25. The predicted octanol–water partition coefficient (Wildman–Crippen LogP) is 3.31. The molecule has 3 nitrogen and oxygen atoms in total. The summed E-state index contributed by atoms with van der Waals surface area (Å²) in [5, 5.41) is 3.64. The topological polar surface area (TPSA) is 32.3 Å². The second-order valence-electron chi connectivity index (χ2n) is 6.17. The zero-order valence-electron chi connectivity index (χ0n) is 12.9. The van der Waals surface area contributed by atoms with Crippen molar-refractivity contribution in [2.75, 3.05) is 19.4 Å². The fraction of sp³-hybridized carbons (Fsp3) is 0.588. The number of hydrogen-bond acceptors (Lipinski definition) is 2. The van der Waals surface area contributed by atoms with Crippen LogP contribution in [-0.4, -0.2) is 30.9 Å². The van der Waals surface area contributed by atoms with E-state index in [2.05, 4.69) is 36.5 Å². The van der Waals surface area contributed by atoms with Crippen LogP contribution in [0.15, 0.2) is 24.3 Å². The van der Waals surface area contributed by atoms with E-state index in [1.165, 1.54) is 31.4 Å². The largest absolute Gasteiger partial charge is 0.382 e. The van der Waals surface area contributed by atoms with Crippen molar-refractivity contribution in [2.24, 2.45) is 5.92 Å². The van der Waals surface area contributed by atoms with Crippen molar-refractivity contribution in [1.82, 2.24) is 4.90 Å². The minimum absolute atomic E-state index is 0.145. The van der Waals surface area contributed by atoms with E-state index < -0.39 is 0 Å². The van der Waals surface area contributed by atoms with Gasteiger partial charge in [-0.15, -0.1) is 0 Å². The van der Waals surface area contributed by atoms with Gasteiger partial charge < -0.3 is 10.2 Å². The van der Waals surface area contributed by atoms with Gasteiger partial charge in [-0.2, -0.15) is 0 Å². The first-order valence-corrected chi connectivity index (χ1v) is 7.62. The molecule has 0 aliphatic heterocycles. The van der Waals surface area contributed by atoms with Gasteiger partial charge in [0.1, 0.15) is 0 Å². The second-order valence-corrected chi connectivity index (χ2v) is 6.17. The molecular weight excluding hydrogens is 248 g/mol. The third-order valence-electron chi connectivity index (χ3n) is 4.27. The van der Waals surface area contributed by atoms with Gasteiger partial charge in [0.05, 0.1) is 6.42 Å². The molecule has 2 atom stereocenters. The number of nitrogens with one attached hydrogen (secondary N) is 1. The van der Waals surface area contributed by atoms with Crippen LogP contribution in [0.5, 0.6) is 0 Å². The Kier molecular flexibility index (Phi) is 5.05. The molecule has 1 saturated carbocycles. The Morgan fingerprint density at radius 3 is 2.45 bits per heavy atom. The highest BCUT2D eigenvalue weighted by atomic mass is 16.2. The van der Waals surface area contributed by atoms with E-state index in [1.807, 2.05) is 0 Å². The van der Waals surface area contributed by atoms with Gasteiger partial charge in [0.25, 0.3) is 0 Å². The maximum atomic E-state index is 11.7. The average Bonchev–Trinajstić information content (AvgIpc) is 2.43. The van der Waals surface area contributed by atoms with Crippen molar-refractivity contribution >= 4 is 11.6 Å². The number of nitrogens with zero attached hydrogens (tertiary/aromatic N) is 1. The Labute approximate surface area is 122 Å². The molecule has 0 bridgehead atoms. The molecule has 1 fully saturated rings. The summed E-state index contributed by atoms with van der Waals surface area (Å²) in [6.45, 7) is 2.33. The van der Waals surface area contributed by atoms with E-state index in [-0.39, 0.29) is 5.91 Å². The molecule has 1 N–H and O–H groups in total. The summed E-state index contributed by atoms with van der Waals surface area (Å²) < 4.78 is 0. The van der Waals surface area contributed by atoms with E-state index in [1.54, 1.807) is 19.0 Å². The molecule has 1 aromatic rings. The zero-order chi connectivity index (χ0) is 14.5. The number of likely N-dealkylation sites (N-methyl/N-ethyl adjacent to an activating group) is 1. The number of carbonyl (C=O) groups is 1. The lowest BCUT2D eigenvalue weighted by Gasteiger charge is -2.30. The quantitative estimate of drug-likeness (QED) is 0.913. The maximum absolute atomic E-state index is 11.7. The Morgan fingerprint density at radius 1 is 1.20 bits per heavy atom. The minimum Gasteiger partial charge on any atom is -0.382 e. The molecule has 2 rings (SSSR count). The van der Waals surface area contributed by atoms with Crippen LogP contribution in [0, 0.1) is 5.92 Å². The van der Waals surface area contributed by atoms with Gasteiger partial charge in [0.2, 0.25) is 5.91 Å². The molecule has 0 saturated heterocycles. The minimum atomic E-state index is 0.145. The fourth-order valence-electron chi connectivity index (χ4n) is 2.80. The molecule has 1 aliphatic rings. The fourth-order valence-corrected chi connectivity index (χ4v) is 2.80. The Bertz CT molecular complexity index is 439. The van der Waals surface area contributed by atoms with Crippen LogP contribution in [0.1, 0.15) is 38.2 Å². The number of carbonyl (C=O) groups excluding carboxylic acids is 1. The highest BCUT2D eigenvalue weighted by molar-refractivity contribution is 5.78. The highest BCUT2D eigenvalue weighted by Gasteiger charge is 2.20. The molecule has 2 unspecified atom stereocenters. The molecule has 0 radical (unpaired) electrons. The van der Waals surface area contributed by atoms with Crippen LogP contribution >= 0.6 is 0 Å². The Hall–Kier alpha value is -1.51. The third-order valence-corrected chi connectivity index (χ3v) is 4.27. The van der Waals surface area contributed by atoms with E-state index >= 15 is 0 Å². The van der Waals surface area contributed by atoms with Crippen LogP contribution in [0.2, 0.25) is 0 Å². The molecule has 0 aromatic heterocycles. The van der Waals surface area contributed by atoms with Crippen LogP contribution in [0.4, 0.5) is 5.69 Å². The first kappa shape index (κ1) is 14.9. The van der Waals surface area contributed by atoms with Gasteiger partial charge in [-0.05, 0) is 36.5 Å². The number of amides is 1. The van der Waals surface area contributed by atoms with Crippen molar-refractivity contribution in [3.05, 3.63) is 29.8 Å². The van der Waals surface area contributed by atoms with Gasteiger partial charge in [-0.3, -0.25) is 4.79 Å².